The molecular formula is C16H22N4S. The van der Waals surface area contributed by atoms with Gasteiger partial charge < -0.3 is 5.32 Å². The molecule has 21 heavy (non-hydrogen) atoms. The third-order valence-electron chi connectivity index (χ3n) is 3.83. The molecule has 4 nitrogen and oxygen atoms in total. The molecule has 0 aliphatic heterocycles. The fourth-order valence-corrected chi connectivity index (χ4v) is 3.86. The van der Waals surface area contributed by atoms with Crippen molar-refractivity contribution >= 4 is 17.2 Å². The smallest absolute Gasteiger partial charge is 0.147 e. The monoisotopic (exact) mass is 302 g/mol. The van der Waals surface area contributed by atoms with Crippen LogP contribution in [0.1, 0.15) is 46.2 Å². The van der Waals surface area contributed by atoms with Crippen LogP contribution in [0.25, 0.3) is 0 Å². The number of anilines is 1. The maximum atomic E-state index is 4.79. The second-order valence-corrected chi connectivity index (χ2v) is 6.83. The van der Waals surface area contributed by atoms with E-state index in [4.69, 9.17) is 4.98 Å². The highest BCUT2D eigenvalue weighted by molar-refractivity contribution is 7.11. The predicted molar refractivity (Wildman–Crippen MR) is 87.1 cm³/mol. The van der Waals surface area contributed by atoms with Gasteiger partial charge >= 0.3 is 0 Å². The Balaban J connectivity index is 1.50. The minimum Gasteiger partial charge on any atom is -0.369 e. The lowest BCUT2D eigenvalue weighted by Gasteiger charge is -2.07. The van der Waals surface area contributed by atoms with Crippen LogP contribution in [0.5, 0.6) is 0 Å². The summed E-state index contributed by atoms with van der Waals surface area (Å²) in [6.45, 7) is 4.88. The first-order chi connectivity index (χ1) is 10.2. The first-order valence-electron chi connectivity index (χ1n) is 7.74. The van der Waals surface area contributed by atoms with Crippen molar-refractivity contribution in [1.29, 1.82) is 0 Å². The van der Waals surface area contributed by atoms with Gasteiger partial charge in [-0.25, -0.2) is 9.97 Å². The van der Waals surface area contributed by atoms with Crippen LogP contribution in [0, 0.1) is 13.8 Å². The number of hydrogen-bond donors (Lipinski definition) is 1. The van der Waals surface area contributed by atoms with Crippen molar-refractivity contribution in [2.45, 2.75) is 52.4 Å². The van der Waals surface area contributed by atoms with Gasteiger partial charge in [0.1, 0.15) is 5.82 Å². The lowest BCUT2D eigenvalue weighted by atomic mass is 10.0. The molecule has 2 aromatic rings. The van der Waals surface area contributed by atoms with E-state index in [1.165, 1.54) is 41.3 Å². The van der Waals surface area contributed by atoms with E-state index >= 15 is 0 Å². The fourth-order valence-electron chi connectivity index (χ4n) is 2.66. The number of rotatable bonds is 5. The fraction of sp³-hybridized carbons (Fsp3) is 0.562. The summed E-state index contributed by atoms with van der Waals surface area (Å²) in [4.78, 5) is 15.1. The van der Waals surface area contributed by atoms with Gasteiger partial charge in [-0.3, -0.25) is 4.98 Å². The molecule has 0 radical (unpaired) electrons. The third kappa shape index (κ3) is 3.59. The van der Waals surface area contributed by atoms with Gasteiger partial charge in [-0.1, -0.05) is 0 Å². The van der Waals surface area contributed by atoms with E-state index in [1.54, 1.807) is 6.20 Å². The molecule has 1 aliphatic rings. The Morgan fingerprint density at radius 2 is 2.05 bits per heavy atom. The quantitative estimate of drug-likeness (QED) is 0.859. The molecule has 0 bridgehead atoms. The molecule has 0 spiro atoms. The van der Waals surface area contributed by atoms with Gasteiger partial charge in [0.15, 0.2) is 0 Å². The summed E-state index contributed by atoms with van der Waals surface area (Å²) in [6.07, 6.45) is 9.01. The van der Waals surface area contributed by atoms with E-state index in [1.807, 2.05) is 25.2 Å². The number of aryl methyl sites for hydroxylation is 5. The van der Waals surface area contributed by atoms with Crippen molar-refractivity contribution in [2.24, 2.45) is 0 Å². The number of fused-ring (bicyclic) bond motifs is 1. The van der Waals surface area contributed by atoms with Crippen LogP contribution in [0.2, 0.25) is 0 Å². The van der Waals surface area contributed by atoms with Crippen LogP contribution < -0.4 is 5.32 Å². The van der Waals surface area contributed by atoms with Crippen molar-refractivity contribution in [3.8, 4) is 0 Å². The number of hydrogen-bond acceptors (Lipinski definition) is 5. The molecule has 112 valence electrons. The molecule has 0 saturated heterocycles. The maximum Gasteiger partial charge on any atom is 0.147 e. The lowest BCUT2D eigenvalue weighted by Crippen LogP contribution is -2.07. The molecule has 1 aliphatic carbocycles. The Bertz CT molecular complexity index is 597. The highest BCUT2D eigenvalue weighted by Gasteiger charge is 2.14. The number of nitrogens with zero attached hydrogens (tertiary/aromatic N) is 3. The Morgan fingerprint density at radius 3 is 2.90 bits per heavy atom. The van der Waals surface area contributed by atoms with Gasteiger partial charge in [-0.2, -0.15) is 0 Å². The lowest BCUT2D eigenvalue weighted by molar-refractivity contribution is 0.679. The Morgan fingerprint density at radius 1 is 1.19 bits per heavy atom. The van der Waals surface area contributed by atoms with Crippen LogP contribution in [0.3, 0.4) is 0 Å². The van der Waals surface area contributed by atoms with Gasteiger partial charge in [0.25, 0.3) is 0 Å². The van der Waals surface area contributed by atoms with Crippen LogP contribution in [0.15, 0.2) is 6.20 Å². The molecule has 2 aromatic heterocycles. The summed E-state index contributed by atoms with van der Waals surface area (Å²) >= 11 is 1.92. The van der Waals surface area contributed by atoms with Crippen LogP contribution in [0.4, 0.5) is 5.82 Å². The average Bonchev–Trinajstić information content (AvgIpc) is 2.89. The topological polar surface area (TPSA) is 50.7 Å². The molecule has 5 heteroatoms. The molecule has 3 rings (SSSR count). The maximum absolute atomic E-state index is 4.79. The van der Waals surface area contributed by atoms with Crippen LogP contribution >= 0.6 is 11.3 Å². The normalized spacial score (nSPS) is 14.0. The minimum absolute atomic E-state index is 0.911. The highest BCUT2D eigenvalue weighted by atomic mass is 32.1. The van der Waals surface area contributed by atoms with E-state index in [0.29, 0.717) is 0 Å². The van der Waals surface area contributed by atoms with E-state index in [9.17, 15) is 0 Å². The standard InChI is InChI=1S/C16H22N4S/c1-11-10-18-12(2)16(19-11)17-9-5-8-15-20-13-6-3-4-7-14(13)21-15/h10H,3-9H2,1-2H3,(H,17,19). The second kappa shape index (κ2) is 6.52. The SMILES string of the molecule is Cc1cnc(C)c(NCCCc2nc3c(s2)CCCC3)n1. The molecule has 0 saturated carbocycles. The van der Waals surface area contributed by atoms with E-state index in [-0.39, 0.29) is 0 Å². The zero-order valence-corrected chi connectivity index (χ0v) is 13.6. The Hall–Kier alpha value is -1.49. The second-order valence-electron chi connectivity index (χ2n) is 5.66. The summed E-state index contributed by atoms with van der Waals surface area (Å²) in [5.41, 5.74) is 3.29. The molecule has 0 amide bonds. The van der Waals surface area contributed by atoms with Crippen molar-refractivity contribution in [3.63, 3.8) is 0 Å². The Kier molecular flexibility index (Phi) is 4.48. The highest BCUT2D eigenvalue weighted by Crippen LogP contribution is 2.27. The zero-order chi connectivity index (χ0) is 14.7. The van der Waals surface area contributed by atoms with Crippen molar-refractivity contribution < 1.29 is 0 Å². The van der Waals surface area contributed by atoms with Gasteiger partial charge in [-0.05, 0) is 46.0 Å². The van der Waals surface area contributed by atoms with Gasteiger partial charge in [0, 0.05) is 24.0 Å². The predicted octanol–water partition coefficient (Wildman–Crippen LogP) is 3.47. The number of nitrogens with one attached hydrogen (secondary N) is 1. The molecule has 0 atom stereocenters. The summed E-state index contributed by atoms with van der Waals surface area (Å²) in [5, 5.41) is 4.69. The summed E-state index contributed by atoms with van der Waals surface area (Å²) in [5.74, 6) is 0.911. The van der Waals surface area contributed by atoms with Crippen molar-refractivity contribution in [1.82, 2.24) is 15.0 Å². The third-order valence-corrected chi connectivity index (χ3v) is 5.04. The van der Waals surface area contributed by atoms with Gasteiger partial charge in [0.2, 0.25) is 0 Å². The zero-order valence-electron chi connectivity index (χ0n) is 12.8. The molecule has 0 unspecified atom stereocenters. The summed E-state index contributed by atoms with van der Waals surface area (Å²) in [6, 6.07) is 0. The number of thiazole rings is 1. The minimum atomic E-state index is 0.911. The first kappa shape index (κ1) is 14.4. The van der Waals surface area contributed by atoms with E-state index in [0.717, 1.165) is 36.6 Å². The van der Waals surface area contributed by atoms with Crippen molar-refractivity contribution in [3.05, 3.63) is 33.2 Å². The number of aromatic nitrogens is 3. The van der Waals surface area contributed by atoms with E-state index < -0.39 is 0 Å². The van der Waals surface area contributed by atoms with Crippen LogP contribution in [-0.4, -0.2) is 21.5 Å². The Labute approximate surface area is 130 Å². The van der Waals surface area contributed by atoms with Gasteiger partial charge in [-0.15, -0.1) is 11.3 Å². The average molecular weight is 302 g/mol. The molecular weight excluding hydrogens is 280 g/mol. The first-order valence-corrected chi connectivity index (χ1v) is 8.55. The van der Waals surface area contributed by atoms with Gasteiger partial charge in [0.05, 0.1) is 22.1 Å². The van der Waals surface area contributed by atoms with Crippen molar-refractivity contribution in [2.75, 3.05) is 11.9 Å². The largest absolute Gasteiger partial charge is 0.369 e. The summed E-state index contributed by atoms with van der Waals surface area (Å²) < 4.78 is 0. The van der Waals surface area contributed by atoms with Crippen LogP contribution in [-0.2, 0) is 19.3 Å². The van der Waals surface area contributed by atoms with E-state index in [2.05, 4.69) is 15.3 Å². The molecule has 2 heterocycles. The molecule has 0 fully saturated rings. The summed E-state index contributed by atoms with van der Waals surface area (Å²) in [7, 11) is 0. The molecule has 0 aromatic carbocycles. The molecule has 1 N–H and O–H groups in total.